The van der Waals surface area contributed by atoms with Gasteiger partial charge in [-0.15, -0.1) is 0 Å². The van der Waals surface area contributed by atoms with Gasteiger partial charge >= 0.3 is 0 Å². The van der Waals surface area contributed by atoms with Crippen LogP contribution in [-0.4, -0.2) is 71.5 Å². The van der Waals surface area contributed by atoms with Crippen molar-refractivity contribution in [1.82, 2.24) is 19.7 Å². The van der Waals surface area contributed by atoms with Gasteiger partial charge in [-0.05, 0) is 44.1 Å². The molecule has 0 spiro atoms. The van der Waals surface area contributed by atoms with E-state index in [-0.39, 0.29) is 0 Å². The largest absolute Gasteiger partial charge is 0.361 e. The van der Waals surface area contributed by atoms with E-state index in [0.29, 0.717) is 0 Å². The average molecular weight is 326 g/mol. The van der Waals surface area contributed by atoms with Crippen molar-refractivity contribution in [2.75, 3.05) is 45.8 Å². The van der Waals surface area contributed by atoms with Gasteiger partial charge in [-0.25, -0.2) is 0 Å². The summed E-state index contributed by atoms with van der Waals surface area (Å²) >= 11 is 0. The minimum atomic E-state index is 0.809. The van der Waals surface area contributed by atoms with Crippen LogP contribution in [-0.2, 0) is 6.54 Å². The normalized spacial score (nSPS) is 22.4. The number of hydrogen-bond donors (Lipinski definition) is 1. The Morgan fingerprint density at radius 1 is 0.958 bits per heavy atom. The van der Waals surface area contributed by atoms with Crippen molar-refractivity contribution in [3.63, 3.8) is 0 Å². The van der Waals surface area contributed by atoms with Gasteiger partial charge < -0.3 is 9.88 Å². The molecule has 24 heavy (non-hydrogen) atoms. The number of para-hydroxylation sites is 1. The Kier molecular flexibility index (Phi) is 4.88. The minimum absolute atomic E-state index is 0.809. The molecule has 0 aliphatic carbocycles. The molecule has 2 fully saturated rings. The van der Waals surface area contributed by atoms with Gasteiger partial charge in [0, 0.05) is 55.9 Å². The Morgan fingerprint density at radius 2 is 1.71 bits per heavy atom. The highest BCUT2D eigenvalue weighted by molar-refractivity contribution is 5.82. The zero-order valence-corrected chi connectivity index (χ0v) is 14.9. The quantitative estimate of drug-likeness (QED) is 0.935. The first-order chi connectivity index (χ1) is 11.8. The number of likely N-dealkylation sites (N-methyl/N-ethyl adjacent to an activating group) is 1. The fourth-order valence-electron chi connectivity index (χ4n) is 4.39. The standard InChI is InChI=1S/C20H30N4/c1-2-22-11-13-24(14-12-22)18-7-9-23(10-8-18)16-17-15-21-20-6-4-3-5-19(17)20/h3-6,15,18,21H,2,7-14,16H2,1H3. The number of benzene rings is 1. The van der Waals surface area contributed by atoms with E-state index in [1.54, 1.807) is 0 Å². The number of nitrogens with zero attached hydrogens (tertiary/aromatic N) is 3. The van der Waals surface area contributed by atoms with Crippen LogP contribution < -0.4 is 0 Å². The van der Waals surface area contributed by atoms with E-state index in [2.05, 4.69) is 57.1 Å². The van der Waals surface area contributed by atoms with Crippen molar-refractivity contribution in [1.29, 1.82) is 0 Å². The third kappa shape index (κ3) is 3.37. The maximum Gasteiger partial charge on any atom is 0.0457 e. The highest BCUT2D eigenvalue weighted by atomic mass is 15.3. The van der Waals surface area contributed by atoms with Crippen molar-refractivity contribution in [3.8, 4) is 0 Å². The number of aromatic amines is 1. The Labute approximate surface area is 145 Å². The van der Waals surface area contributed by atoms with Gasteiger partial charge in [0.2, 0.25) is 0 Å². The van der Waals surface area contributed by atoms with Crippen molar-refractivity contribution < 1.29 is 0 Å². The lowest BCUT2D eigenvalue weighted by atomic mass is 10.0. The van der Waals surface area contributed by atoms with Gasteiger partial charge in [0.1, 0.15) is 0 Å². The maximum atomic E-state index is 3.41. The molecule has 2 saturated heterocycles. The van der Waals surface area contributed by atoms with E-state index >= 15 is 0 Å². The van der Waals surface area contributed by atoms with E-state index < -0.39 is 0 Å². The summed E-state index contributed by atoms with van der Waals surface area (Å²) in [6.07, 6.45) is 4.85. The second-order valence-electron chi connectivity index (χ2n) is 7.34. The van der Waals surface area contributed by atoms with Crippen molar-refractivity contribution >= 4 is 10.9 Å². The van der Waals surface area contributed by atoms with Crippen LogP contribution in [0.2, 0.25) is 0 Å². The van der Waals surface area contributed by atoms with E-state index in [0.717, 1.165) is 12.6 Å². The van der Waals surface area contributed by atoms with Crippen LogP contribution in [0.4, 0.5) is 0 Å². The van der Waals surface area contributed by atoms with Gasteiger partial charge in [-0.1, -0.05) is 25.1 Å². The molecule has 4 rings (SSSR count). The molecule has 130 valence electrons. The number of likely N-dealkylation sites (tertiary alicyclic amines) is 1. The highest BCUT2D eigenvalue weighted by Gasteiger charge is 2.27. The Balaban J connectivity index is 1.30. The fourth-order valence-corrected chi connectivity index (χ4v) is 4.39. The summed E-state index contributed by atoms with van der Waals surface area (Å²) in [5.41, 5.74) is 2.71. The second kappa shape index (κ2) is 7.26. The number of H-pyrrole nitrogens is 1. The molecule has 0 amide bonds. The molecule has 2 aliphatic rings. The number of fused-ring (bicyclic) bond motifs is 1. The molecule has 0 radical (unpaired) electrons. The smallest absolute Gasteiger partial charge is 0.0457 e. The fraction of sp³-hybridized carbons (Fsp3) is 0.600. The van der Waals surface area contributed by atoms with Crippen molar-refractivity contribution in [3.05, 3.63) is 36.0 Å². The van der Waals surface area contributed by atoms with Crippen molar-refractivity contribution in [2.45, 2.75) is 32.4 Å². The summed E-state index contributed by atoms with van der Waals surface area (Å²) in [7, 11) is 0. The summed E-state index contributed by atoms with van der Waals surface area (Å²) in [6, 6.07) is 9.46. The molecule has 0 atom stereocenters. The number of piperazine rings is 1. The highest BCUT2D eigenvalue weighted by Crippen LogP contribution is 2.23. The summed E-state index contributed by atoms with van der Waals surface area (Å²) in [5, 5.41) is 1.38. The predicted molar refractivity (Wildman–Crippen MR) is 100 cm³/mol. The Bertz CT molecular complexity index is 648. The number of rotatable bonds is 4. The SMILES string of the molecule is CCN1CCN(C2CCN(Cc3c[nH]c4ccccc34)CC2)CC1. The molecule has 0 unspecified atom stereocenters. The van der Waals surface area contributed by atoms with E-state index in [9.17, 15) is 0 Å². The Hall–Kier alpha value is -1.36. The molecule has 3 heterocycles. The van der Waals surface area contributed by atoms with Crippen LogP contribution in [0.5, 0.6) is 0 Å². The molecule has 2 aromatic rings. The van der Waals surface area contributed by atoms with Crippen LogP contribution in [0.1, 0.15) is 25.3 Å². The van der Waals surface area contributed by atoms with Crippen LogP contribution in [0.25, 0.3) is 10.9 Å². The number of aromatic nitrogens is 1. The summed E-state index contributed by atoms with van der Waals surface area (Å²) in [4.78, 5) is 11.4. The molecule has 0 bridgehead atoms. The van der Waals surface area contributed by atoms with Gasteiger partial charge in [0.15, 0.2) is 0 Å². The lowest BCUT2D eigenvalue weighted by molar-refractivity contribution is 0.0594. The number of nitrogens with one attached hydrogen (secondary N) is 1. The zero-order chi connectivity index (χ0) is 16.4. The van der Waals surface area contributed by atoms with Gasteiger partial charge in [0.05, 0.1) is 0 Å². The average Bonchev–Trinajstić information content (AvgIpc) is 3.06. The van der Waals surface area contributed by atoms with Crippen molar-refractivity contribution in [2.24, 2.45) is 0 Å². The molecule has 1 aromatic carbocycles. The molecule has 1 aromatic heterocycles. The molecule has 2 aliphatic heterocycles. The zero-order valence-electron chi connectivity index (χ0n) is 14.9. The predicted octanol–water partition coefficient (Wildman–Crippen LogP) is 2.77. The molecule has 1 N–H and O–H groups in total. The summed E-state index contributed by atoms with van der Waals surface area (Å²) in [5.74, 6) is 0. The molecular formula is C20H30N4. The minimum Gasteiger partial charge on any atom is -0.361 e. The maximum absolute atomic E-state index is 3.41. The third-order valence-corrected chi connectivity index (χ3v) is 6.00. The molecular weight excluding hydrogens is 296 g/mol. The van der Waals surface area contributed by atoms with Gasteiger partial charge in [-0.2, -0.15) is 0 Å². The van der Waals surface area contributed by atoms with E-state index in [1.807, 2.05) is 0 Å². The molecule has 0 saturated carbocycles. The second-order valence-corrected chi connectivity index (χ2v) is 7.34. The van der Waals surface area contributed by atoms with Crippen LogP contribution in [0.15, 0.2) is 30.5 Å². The number of piperidine rings is 1. The lowest BCUT2D eigenvalue weighted by Gasteiger charge is -2.42. The van der Waals surface area contributed by atoms with Crippen LogP contribution in [0.3, 0.4) is 0 Å². The summed E-state index contributed by atoms with van der Waals surface area (Å²) < 4.78 is 0. The molecule has 4 nitrogen and oxygen atoms in total. The van der Waals surface area contributed by atoms with Crippen LogP contribution in [0, 0.1) is 0 Å². The third-order valence-electron chi connectivity index (χ3n) is 6.00. The first-order valence-electron chi connectivity index (χ1n) is 9.57. The monoisotopic (exact) mass is 326 g/mol. The van der Waals surface area contributed by atoms with E-state index in [4.69, 9.17) is 0 Å². The molecule has 4 heteroatoms. The van der Waals surface area contributed by atoms with Crippen LogP contribution >= 0.6 is 0 Å². The first-order valence-corrected chi connectivity index (χ1v) is 9.57. The topological polar surface area (TPSA) is 25.5 Å². The first kappa shape index (κ1) is 16.1. The lowest BCUT2D eigenvalue weighted by Crippen LogP contribution is -2.52. The number of hydrogen-bond acceptors (Lipinski definition) is 3. The van der Waals surface area contributed by atoms with E-state index in [1.165, 1.54) is 75.1 Å². The van der Waals surface area contributed by atoms with Gasteiger partial charge in [-0.3, -0.25) is 9.80 Å². The Morgan fingerprint density at radius 3 is 2.46 bits per heavy atom. The van der Waals surface area contributed by atoms with Gasteiger partial charge in [0.25, 0.3) is 0 Å². The summed E-state index contributed by atoms with van der Waals surface area (Å²) in [6.45, 7) is 12.1.